The molecule has 2 rings (SSSR count). The Morgan fingerprint density at radius 2 is 2.27 bits per heavy atom. The van der Waals surface area contributed by atoms with Crippen LogP contribution in [-0.2, 0) is 0 Å². The SMILES string of the molecule is Cc1nc(C2CCC2)sc1S. The molecule has 1 aromatic heterocycles. The molecular weight excluding hydrogens is 174 g/mol. The van der Waals surface area contributed by atoms with Crippen molar-refractivity contribution in [2.75, 3.05) is 0 Å². The lowest BCUT2D eigenvalue weighted by Crippen LogP contribution is -2.07. The molecule has 0 saturated heterocycles. The van der Waals surface area contributed by atoms with Crippen molar-refractivity contribution in [1.82, 2.24) is 4.98 Å². The second kappa shape index (κ2) is 2.79. The van der Waals surface area contributed by atoms with Gasteiger partial charge in [-0.2, -0.15) is 0 Å². The van der Waals surface area contributed by atoms with Crippen LogP contribution in [0.2, 0.25) is 0 Å². The van der Waals surface area contributed by atoms with Gasteiger partial charge in [-0.3, -0.25) is 0 Å². The van der Waals surface area contributed by atoms with E-state index in [4.69, 9.17) is 0 Å². The first kappa shape index (κ1) is 7.62. The second-order valence-corrected chi connectivity index (χ2v) is 4.85. The quantitative estimate of drug-likeness (QED) is 0.664. The molecule has 0 N–H and O–H groups in total. The van der Waals surface area contributed by atoms with E-state index in [-0.39, 0.29) is 0 Å². The first-order chi connectivity index (χ1) is 5.27. The molecule has 1 aromatic rings. The third kappa shape index (κ3) is 1.32. The minimum Gasteiger partial charge on any atom is -0.245 e. The lowest BCUT2D eigenvalue weighted by Gasteiger charge is -2.22. The molecule has 11 heavy (non-hydrogen) atoms. The molecule has 0 aromatic carbocycles. The first-order valence-electron chi connectivity index (χ1n) is 3.93. The third-order valence-electron chi connectivity index (χ3n) is 2.24. The number of thiazole rings is 1. The maximum absolute atomic E-state index is 4.47. The normalized spacial score (nSPS) is 18.4. The van der Waals surface area contributed by atoms with Crippen LogP contribution < -0.4 is 0 Å². The van der Waals surface area contributed by atoms with Crippen molar-refractivity contribution in [3.05, 3.63) is 10.7 Å². The molecule has 0 amide bonds. The monoisotopic (exact) mass is 185 g/mol. The minimum atomic E-state index is 0.764. The van der Waals surface area contributed by atoms with Gasteiger partial charge in [-0.05, 0) is 19.8 Å². The fourth-order valence-electron chi connectivity index (χ4n) is 1.24. The van der Waals surface area contributed by atoms with Crippen LogP contribution in [0.15, 0.2) is 4.21 Å². The summed E-state index contributed by atoms with van der Waals surface area (Å²) in [5.41, 5.74) is 1.10. The summed E-state index contributed by atoms with van der Waals surface area (Å²) < 4.78 is 1.09. The first-order valence-corrected chi connectivity index (χ1v) is 5.20. The fraction of sp³-hybridized carbons (Fsp3) is 0.625. The van der Waals surface area contributed by atoms with Gasteiger partial charge in [0.1, 0.15) is 0 Å². The zero-order chi connectivity index (χ0) is 7.84. The Hall–Kier alpha value is -0.0200. The third-order valence-corrected chi connectivity index (χ3v) is 3.96. The van der Waals surface area contributed by atoms with E-state index in [1.165, 1.54) is 24.3 Å². The van der Waals surface area contributed by atoms with E-state index in [1.54, 1.807) is 11.3 Å². The number of aromatic nitrogens is 1. The summed E-state index contributed by atoms with van der Waals surface area (Å²) in [6.45, 7) is 2.03. The zero-order valence-electron chi connectivity index (χ0n) is 6.50. The molecule has 1 nitrogen and oxygen atoms in total. The Kier molecular flexibility index (Phi) is 1.93. The van der Waals surface area contributed by atoms with Gasteiger partial charge < -0.3 is 0 Å². The van der Waals surface area contributed by atoms with Crippen molar-refractivity contribution in [3.8, 4) is 0 Å². The summed E-state index contributed by atoms with van der Waals surface area (Å²) in [6, 6.07) is 0. The van der Waals surface area contributed by atoms with E-state index in [9.17, 15) is 0 Å². The summed E-state index contributed by atoms with van der Waals surface area (Å²) in [7, 11) is 0. The Balaban J connectivity index is 2.24. The summed E-state index contributed by atoms with van der Waals surface area (Å²) in [6.07, 6.45) is 4.05. The van der Waals surface area contributed by atoms with E-state index in [0.717, 1.165) is 15.8 Å². The van der Waals surface area contributed by atoms with E-state index < -0.39 is 0 Å². The molecule has 0 bridgehead atoms. The van der Waals surface area contributed by atoms with Crippen molar-refractivity contribution < 1.29 is 0 Å². The van der Waals surface area contributed by atoms with Gasteiger partial charge in [0.2, 0.25) is 0 Å². The van der Waals surface area contributed by atoms with Crippen LogP contribution in [0.1, 0.15) is 35.9 Å². The lowest BCUT2D eigenvalue weighted by molar-refractivity contribution is 0.418. The summed E-state index contributed by atoms with van der Waals surface area (Å²) in [5, 5.41) is 1.30. The molecule has 3 heteroatoms. The van der Waals surface area contributed by atoms with Gasteiger partial charge in [-0.1, -0.05) is 6.42 Å². The highest BCUT2D eigenvalue weighted by atomic mass is 32.2. The smallest absolute Gasteiger partial charge is 0.0970 e. The Labute approximate surface area is 76.3 Å². The number of hydrogen-bond donors (Lipinski definition) is 1. The van der Waals surface area contributed by atoms with Crippen molar-refractivity contribution in [3.63, 3.8) is 0 Å². The van der Waals surface area contributed by atoms with Crippen molar-refractivity contribution >= 4 is 24.0 Å². The van der Waals surface area contributed by atoms with Crippen molar-refractivity contribution in [2.24, 2.45) is 0 Å². The van der Waals surface area contributed by atoms with Crippen LogP contribution in [0.4, 0.5) is 0 Å². The van der Waals surface area contributed by atoms with Gasteiger partial charge in [0.25, 0.3) is 0 Å². The molecule has 0 spiro atoms. The molecule has 0 aliphatic heterocycles. The number of aryl methyl sites for hydroxylation is 1. The molecule has 0 atom stereocenters. The standard InChI is InChI=1S/C8H11NS2/c1-5-8(10)11-7(9-5)6-3-2-4-6/h6,10H,2-4H2,1H3. The van der Waals surface area contributed by atoms with Crippen LogP contribution in [0.25, 0.3) is 0 Å². The average molecular weight is 185 g/mol. The predicted molar refractivity (Wildman–Crippen MR) is 50.7 cm³/mol. The van der Waals surface area contributed by atoms with Crippen molar-refractivity contribution in [2.45, 2.75) is 36.3 Å². The van der Waals surface area contributed by atoms with Gasteiger partial charge in [-0.15, -0.1) is 24.0 Å². The van der Waals surface area contributed by atoms with Gasteiger partial charge in [0, 0.05) is 5.92 Å². The number of nitrogens with zero attached hydrogens (tertiary/aromatic N) is 1. The zero-order valence-corrected chi connectivity index (χ0v) is 8.21. The molecule has 1 fully saturated rings. The van der Waals surface area contributed by atoms with Gasteiger partial charge in [-0.25, -0.2) is 4.98 Å². The predicted octanol–water partition coefficient (Wildman–Crippen LogP) is 3.01. The molecule has 1 aliphatic rings. The van der Waals surface area contributed by atoms with Gasteiger partial charge >= 0.3 is 0 Å². The van der Waals surface area contributed by atoms with E-state index >= 15 is 0 Å². The summed E-state index contributed by atoms with van der Waals surface area (Å²) in [4.78, 5) is 4.47. The molecule has 1 heterocycles. The Morgan fingerprint density at radius 1 is 1.55 bits per heavy atom. The highest BCUT2D eigenvalue weighted by Crippen LogP contribution is 2.39. The highest BCUT2D eigenvalue weighted by Gasteiger charge is 2.22. The molecular formula is C8H11NS2. The fourth-order valence-corrected chi connectivity index (χ4v) is 2.55. The number of hydrogen-bond acceptors (Lipinski definition) is 3. The Morgan fingerprint density at radius 3 is 2.64 bits per heavy atom. The number of thiol groups is 1. The molecule has 60 valence electrons. The minimum absolute atomic E-state index is 0.764. The van der Waals surface area contributed by atoms with Crippen LogP contribution in [-0.4, -0.2) is 4.98 Å². The highest BCUT2D eigenvalue weighted by molar-refractivity contribution is 7.82. The van der Waals surface area contributed by atoms with Crippen LogP contribution in [0.5, 0.6) is 0 Å². The molecule has 1 saturated carbocycles. The molecule has 0 radical (unpaired) electrons. The van der Waals surface area contributed by atoms with Crippen LogP contribution in [0.3, 0.4) is 0 Å². The summed E-state index contributed by atoms with van der Waals surface area (Å²) >= 11 is 6.08. The maximum Gasteiger partial charge on any atom is 0.0970 e. The lowest BCUT2D eigenvalue weighted by atomic mass is 9.86. The van der Waals surface area contributed by atoms with E-state index in [0.29, 0.717) is 0 Å². The second-order valence-electron chi connectivity index (χ2n) is 3.07. The Bertz CT molecular complexity index is 244. The van der Waals surface area contributed by atoms with E-state index in [2.05, 4.69) is 17.6 Å². The largest absolute Gasteiger partial charge is 0.245 e. The maximum atomic E-state index is 4.47. The summed E-state index contributed by atoms with van der Waals surface area (Å²) in [5.74, 6) is 0.764. The van der Waals surface area contributed by atoms with Gasteiger partial charge in [0.05, 0.1) is 14.9 Å². The van der Waals surface area contributed by atoms with Crippen molar-refractivity contribution in [1.29, 1.82) is 0 Å². The van der Waals surface area contributed by atoms with Crippen LogP contribution >= 0.6 is 24.0 Å². The average Bonchev–Trinajstić information content (AvgIpc) is 2.08. The van der Waals surface area contributed by atoms with Gasteiger partial charge in [0.15, 0.2) is 0 Å². The van der Waals surface area contributed by atoms with E-state index in [1.807, 2.05) is 6.92 Å². The number of rotatable bonds is 1. The topological polar surface area (TPSA) is 12.9 Å². The molecule has 0 unspecified atom stereocenters. The van der Waals surface area contributed by atoms with Crippen LogP contribution in [0, 0.1) is 6.92 Å². The molecule has 1 aliphatic carbocycles.